The summed E-state index contributed by atoms with van der Waals surface area (Å²) in [6.45, 7) is 4.10. The second-order valence-electron chi connectivity index (χ2n) is 5.95. The van der Waals surface area contributed by atoms with Gasteiger partial charge < -0.3 is 19.9 Å². The third-order valence-corrected chi connectivity index (χ3v) is 4.23. The first kappa shape index (κ1) is 16.8. The number of aromatic nitrogens is 2. The third-order valence-electron chi connectivity index (χ3n) is 4.23. The first-order valence-electron chi connectivity index (χ1n) is 8.25. The maximum Gasteiger partial charge on any atom is 0.315 e. The van der Waals surface area contributed by atoms with Crippen molar-refractivity contribution >= 4 is 6.03 Å². The Morgan fingerprint density at radius 1 is 1.41 bits per heavy atom. The smallest absolute Gasteiger partial charge is 0.315 e. The van der Waals surface area contributed by atoms with Gasteiger partial charge in [-0.25, -0.2) is 9.78 Å². The number of carbonyl (C=O) groups excluding carboxylic acids is 1. The van der Waals surface area contributed by atoms with Crippen molar-refractivity contribution in [1.82, 2.24) is 20.2 Å². The van der Waals surface area contributed by atoms with Crippen LogP contribution in [0.15, 0.2) is 6.20 Å². The molecule has 2 rings (SSSR count). The van der Waals surface area contributed by atoms with Crippen LogP contribution >= 0.6 is 0 Å². The van der Waals surface area contributed by atoms with Crippen LogP contribution in [0.25, 0.3) is 0 Å². The number of urea groups is 1. The highest BCUT2D eigenvalue weighted by molar-refractivity contribution is 5.74. The topological polar surface area (TPSA) is 68.2 Å². The molecule has 1 aliphatic carbocycles. The molecule has 0 saturated heterocycles. The Morgan fingerprint density at radius 2 is 2.18 bits per heavy atom. The summed E-state index contributed by atoms with van der Waals surface area (Å²) in [5.74, 6) is 0.993. The number of carbonyl (C=O) groups is 1. The van der Waals surface area contributed by atoms with Crippen molar-refractivity contribution in [2.75, 3.05) is 20.3 Å². The van der Waals surface area contributed by atoms with E-state index in [0.717, 1.165) is 37.3 Å². The SMILES string of the molecule is COCCn1c(C)cnc1CCNC(=O)NC1CCCCC1. The molecule has 1 saturated carbocycles. The number of nitrogens with zero attached hydrogens (tertiary/aromatic N) is 2. The minimum atomic E-state index is -0.0568. The van der Waals surface area contributed by atoms with Crippen LogP contribution in [-0.2, 0) is 17.7 Å². The zero-order chi connectivity index (χ0) is 15.8. The van der Waals surface area contributed by atoms with Crippen LogP contribution in [0.4, 0.5) is 4.79 Å². The highest BCUT2D eigenvalue weighted by Crippen LogP contribution is 2.17. The number of rotatable bonds is 7. The van der Waals surface area contributed by atoms with Crippen molar-refractivity contribution < 1.29 is 9.53 Å². The average Bonchev–Trinajstić information content (AvgIpc) is 2.86. The van der Waals surface area contributed by atoms with E-state index >= 15 is 0 Å². The van der Waals surface area contributed by atoms with Gasteiger partial charge in [-0.1, -0.05) is 19.3 Å². The molecule has 22 heavy (non-hydrogen) atoms. The summed E-state index contributed by atoms with van der Waals surface area (Å²) in [7, 11) is 1.70. The van der Waals surface area contributed by atoms with E-state index in [1.807, 2.05) is 13.1 Å². The van der Waals surface area contributed by atoms with E-state index in [9.17, 15) is 4.79 Å². The third kappa shape index (κ3) is 5.02. The van der Waals surface area contributed by atoms with E-state index in [1.165, 1.54) is 19.3 Å². The molecule has 1 aromatic heterocycles. The number of imidazole rings is 1. The molecule has 1 heterocycles. The van der Waals surface area contributed by atoms with Crippen molar-refractivity contribution in [1.29, 1.82) is 0 Å². The Hall–Kier alpha value is -1.56. The van der Waals surface area contributed by atoms with Gasteiger partial charge in [0.15, 0.2) is 0 Å². The largest absolute Gasteiger partial charge is 0.383 e. The fraction of sp³-hybridized carbons (Fsp3) is 0.750. The molecule has 2 N–H and O–H groups in total. The Bertz CT molecular complexity index is 467. The monoisotopic (exact) mass is 308 g/mol. The van der Waals surface area contributed by atoms with E-state index < -0.39 is 0 Å². The summed E-state index contributed by atoms with van der Waals surface area (Å²) in [4.78, 5) is 16.3. The molecule has 0 aromatic carbocycles. The van der Waals surface area contributed by atoms with Crippen LogP contribution in [-0.4, -0.2) is 41.9 Å². The second-order valence-corrected chi connectivity index (χ2v) is 5.95. The van der Waals surface area contributed by atoms with Crippen molar-refractivity contribution in [2.24, 2.45) is 0 Å². The molecule has 0 bridgehead atoms. The van der Waals surface area contributed by atoms with Gasteiger partial charge in [-0.2, -0.15) is 0 Å². The highest BCUT2D eigenvalue weighted by atomic mass is 16.5. The molecule has 1 aliphatic rings. The van der Waals surface area contributed by atoms with Gasteiger partial charge in [0.2, 0.25) is 0 Å². The van der Waals surface area contributed by atoms with Crippen LogP contribution in [0.1, 0.15) is 43.6 Å². The fourth-order valence-electron chi connectivity index (χ4n) is 2.97. The van der Waals surface area contributed by atoms with Gasteiger partial charge in [-0.05, 0) is 19.8 Å². The predicted octanol–water partition coefficient (Wildman–Crippen LogP) is 2.01. The van der Waals surface area contributed by atoms with Crippen LogP contribution in [0.2, 0.25) is 0 Å². The van der Waals surface area contributed by atoms with E-state index in [4.69, 9.17) is 4.74 Å². The molecule has 0 atom stereocenters. The van der Waals surface area contributed by atoms with Gasteiger partial charge in [0, 0.05) is 44.6 Å². The molecule has 1 fully saturated rings. The zero-order valence-corrected chi connectivity index (χ0v) is 13.7. The minimum Gasteiger partial charge on any atom is -0.383 e. The molecule has 2 amide bonds. The standard InChI is InChI=1S/C16H28N4O2/c1-13-12-18-15(20(13)10-11-22-2)8-9-17-16(21)19-14-6-4-3-5-7-14/h12,14H,3-11H2,1-2H3,(H2,17,19,21). The summed E-state index contributed by atoms with van der Waals surface area (Å²) in [6.07, 6.45) is 8.55. The lowest BCUT2D eigenvalue weighted by atomic mass is 9.96. The Kier molecular flexibility index (Phi) is 6.71. The van der Waals surface area contributed by atoms with E-state index in [0.29, 0.717) is 19.2 Å². The normalized spacial score (nSPS) is 15.7. The fourth-order valence-corrected chi connectivity index (χ4v) is 2.97. The van der Waals surface area contributed by atoms with Crippen LogP contribution in [0, 0.1) is 6.92 Å². The number of methoxy groups -OCH3 is 1. The molecule has 0 radical (unpaired) electrons. The Morgan fingerprint density at radius 3 is 2.91 bits per heavy atom. The number of amides is 2. The van der Waals surface area contributed by atoms with Gasteiger partial charge >= 0.3 is 6.03 Å². The summed E-state index contributed by atoms with van der Waals surface area (Å²) in [5, 5.41) is 6.00. The van der Waals surface area contributed by atoms with Crippen LogP contribution < -0.4 is 10.6 Å². The molecule has 6 nitrogen and oxygen atoms in total. The van der Waals surface area contributed by atoms with Crippen molar-refractivity contribution in [2.45, 2.75) is 58.0 Å². The molecular formula is C16H28N4O2. The molecule has 124 valence electrons. The molecule has 0 unspecified atom stereocenters. The first-order chi connectivity index (χ1) is 10.7. The lowest BCUT2D eigenvalue weighted by molar-refractivity contribution is 0.185. The van der Waals surface area contributed by atoms with E-state index in [1.54, 1.807) is 7.11 Å². The van der Waals surface area contributed by atoms with Gasteiger partial charge in [0.25, 0.3) is 0 Å². The zero-order valence-electron chi connectivity index (χ0n) is 13.7. The number of hydrogen-bond donors (Lipinski definition) is 2. The molecule has 0 spiro atoms. The van der Waals surface area contributed by atoms with Gasteiger partial charge in [0.05, 0.1) is 6.61 Å². The predicted molar refractivity (Wildman–Crippen MR) is 86.0 cm³/mol. The maximum absolute atomic E-state index is 11.9. The number of hydrogen-bond acceptors (Lipinski definition) is 3. The second kappa shape index (κ2) is 8.78. The van der Waals surface area contributed by atoms with Gasteiger partial charge in [0.1, 0.15) is 5.82 Å². The first-order valence-corrected chi connectivity index (χ1v) is 8.25. The summed E-state index contributed by atoms with van der Waals surface area (Å²) >= 11 is 0. The number of nitrogens with one attached hydrogen (secondary N) is 2. The number of ether oxygens (including phenoxy) is 1. The quantitative estimate of drug-likeness (QED) is 0.809. The Labute approximate surface area is 132 Å². The minimum absolute atomic E-state index is 0.0568. The average molecular weight is 308 g/mol. The lowest BCUT2D eigenvalue weighted by Gasteiger charge is -2.22. The summed E-state index contributed by atoms with van der Waals surface area (Å²) in [5.41, 5.74) is 1.12. The van der Waals surface area contributed by atoms with E-state index in [2.05, 4.69) is 20.2 Å². The highest BCUT2D eigenvalue weighted by Gasteiger charge is 2.15. The van der Waals surface area contributed by atoms with Gasteiger partial charge in [-0.15, -0.1) is 0 Å². The number of aryl methyl sites for hydroxylation is 1. The molecule has 6 heteroatoms. The molecule has 1 aromatic rings. The van der Waals surface area contributed by atoms with Crippen LogP contribution in [0.5, 0.6) is 0 Å². The van der Waals surface area contributed by atoms with E-state index in [-0.39, 0.29) is 6.03 Å². The molecule has 0 aliphatic heterocycles. The summed E-state index contributed by atoms with van der Waals surface area (Å²) in [6, 6.07) is 0.290. The van der Waals surface area contributed by atoms with Crippen LogP contribution in [0.3, 0.4) is 0 Å². The van der Waals surface area contributed by atoms with Crippen molar-refractivity contribution in [3.63, 3.8) is 0 Å². The lowest BCUT2D eigenvalue weighted by Crippen LogP contribution is -2.43. The molecular weight excluding hydrogens is 280 g/mol. The Balaban J connectivity index is 1.72. The maximum atomic E-state index is 11.9. The van der Waals surface area contributed by atoms with Gasteiger partial charge in [-0.3, -0.25) is 0 Å². The van der Waals surface area contributed by atoms with Crippen molar-refractivity contribution in [3.05, 3.63) is 17.7 Å². The summed E-state index contributed by atoms with van der Waals surface area (Å²) < 4.78 is 7.27. The van der Waals surface area contributed by atoms with Crippen molar-refractivity contribution in [3.8, 4) is 0 Å².